The van der Waals surface area contributed by atoms with Gasteiger partial charge in [-0.3, -0.25) is 28.7 Å². The van der Waals surface area contributed by atoms with E-state index in [-0.39, 0.29) is 18.8 Å². The Morgan fingerprint density at radius 2 is 1.20 bits per heavy atom. The number of fused-ring (bicyclic) bond motifs is 2. The van der Waals surface area contributed by atoms with Gasteiger partial charge in [0.1, 0.15) is 18.8 Å². The summed E-state index contributed by atoms with van der Waals surface area (Å²) in [6.45, 7) is 5.28. The lowest BCUT2D eigenvalue weighted by Crippen LogP contribution is -2.38. The van der Waals surface area contributed by atoms with Crippen LogP contribution >= 0.6 is 22.7 Å². The van der Waals surface area contributed by atoms with Crippen molar-refractivity contribution >= 4 is 41.5 Å². The lowest BCUT2D eigenvalue weighted by Gasteiger charge is -2.18. The molecular formula is C12H10N2O4S2. The molecule has 3 heterocycles. The smallest absolute Gasteiger partial charge is 0.273 e. The van der Waals surface area contributed by atoms with E-state index in [4.69, 9.17) is 0 Å². The van der Waals surface area contributed by atoms with E-state index in [2.05, 4.69) is 4.98 Å². The summed E-state index contributed by atoms with van der Waals surface area (Å²) in [6, 6.07) is 0. The summed E-state index contributed by atoms with van der Waals surface area (Å²) in [5, 5.41) is 0. The second-order valence-corrected chi connectivity index (χ2v) is 7.46. The molecule has 0 atom stereocenters. The second kappa shape index (κ2) is 3.86. The minimum atomic E-state index is -0.649. The maximum atomic E-state index is 12.3. The van der Waals surface area contributed by atoms with Crippen LogP contribution in [-0.4, -0.2) is 9.55 Å². The predicted molar refractivity (Wildman–Crippen MR) is 80.8 cm³/mol. The van der Waals surface area contributed by atoms with Crippen molar-refractivity contribution in [2.75, 3.05) is 0 Å². The van der Waals surface area contributed by atoms with Crippen molar-refractivity contribution in [2.45, 2.75) is 26.3 Å². The van der Waals surface area contributed by atoms with Crippen molar-refractivity contribution in [1.29, 1.82) is 0 Å². The molecule has 0 amide bonds. The van der Waals surface area contributed by atoms with Gasteiger partial charge >= 0.3 is 0 Å². The molecule has 0 saturated carbocycles. The molecule has 1 N–H and O–H groups in total. The number of nitrogens with zero attached hydrogens (tertiary/aromatic N) is 1. The molecule has 20 heavy (non-hydrogen) atoms. The molecule has 0 unspecified atom stereocenters. The van der Waals surface area contributed by atoms with Gasteiger partial charge in [-0.05, 0) is 20.8 Å². The zero-order valence-electron chi connectivity index (χ0n) is 10.9. The average Bonchev–Trinajstić information content (AvgIpc) is 2.74. The number of nitrogens with one attached hydrogen (secondary N) is 1. The Balaban J connectivity index is 2.64. The van der Waals surface area contributed by atoms with Gasteiger partial charge in [0.05, 0.1) is 0 Å². The Morgan fingerprint density at radius 3 is 1.55 bits per heavy atom. The first-order chi connectivity index (χ1) is 9.21. The van der Waals surface area contributed by atoms with E-state index in [0.29, 0.717) is 0 Å². The fraction of sp³-hybridized carbons (Fsp3) is 0.333. The summed E-state index contributed by atoms with van der Waals surface area (Å²) in [5.41, 5.74) is -2.49. The molecule has 3 rings (SSSR count). The monoisotopic (exact) mass is 310 g/mol. The standard InChI is InChI=1S/C12H10N2O4S2/c1-12(2,3)14-10(17)6-7(11(14)18)20-5-4(19-6)8(15)13-9(5)16/h1-3H3,(H,13,15,16). The molecule has 0 fully saturated rings. The Bertz CT molecular complexity index is 986. The van der Waals surface area contributed by atoms with Crippen molar-refractivity contribution in [3.05, 3.63) is 41.4 Å². The van der Waals surface area contributed by atoms with Crippen molar-refractivity contribution in [1.82, 2.24) is 9.55 Å². The van der Waals surface area contributed by atoms with Gasteiger partial charge in [-0.1, -0.05) is 0 Å². The quantitative estimate of drug-likeness (QED) is 0.667. The molecule has 3 aromatic heterocycles. The largest absolute Gasteiger partial charge is 0.287 e. The molecule has 0 aliphatic rings. The van der Waals surface area contributed by atoms with Crippen LogP contribution in [0.25, 0.3) is 18.8 Å². The van der Waals surface area contributed by atoms with E-state index in [1.54, 1.807) is 20.8 Å². The van der Waals surface area contributed by atoms with Gasteiger partial charge in [-0.2, -0.15) is 0 Å². The summed E-state index contributed by atoms with van der Waals surface area (Å²) in [6.07, 6.45) is 0. The molecule has 0 aromatic carbocycles. The molecule has 0 aliphatic heterocycles. The summed E-state index contributed by atoms with van der Waals surface area (Å²) < 4.78 is 2.05. The topological polar surface area (TPSA) is 89.0 Å². The molecule has 0 radical (unpaired) electrons. The number of aromatic nitrogens is 2. The lowest BCUT2D eigenvalue weighted by molar-refractivity contribution is 0.381. The first-order valence-electron chi connectivity index (χ1n) is 5.80. The molecule has 0 saturated heterocycles. The zero-order valence-corrected chi connectivity index (χ0v) is 12.5. The third-order valence-corrected chi connectivity index (χ3v) is 5.54. The van der Waals surface area contributed by atoms with E-state index in [0.717, 1.165) is 22.7 Å². The fourth-order valence-electron chi connectivity index (χ4n) is 2.09. The molecule has 0 bridgehead atoms. The number of rotatable bonds is 0. The number of H-pyrrole nitrogens is 1. The molecule has 6 nitrogen and oxygen atoms in total. The van der Waals surface area contributed by atoms with E-state index in [1.165, 1.54) is 4.57 Å². The molecule has 0 spiro atoms. The highest BCUT2D eigenvalue weighted by atomic mass is 32.1. The zero-order chi connectivity index (χ0) is 14.8. The van der Waals surface area contributed by atoms with Crippen LogP contribution in [0.3, 0.4) is 0 Å². The highest BCUT2D eigenvalue weighted by Crippen LogP contribution is 2.26. The Labute approximate surface area is 119 Å². The highest BCUT2D eigenvalue weighted by molar-refractivity contribution is 7.36. The Kier molecular flexibility index (Phi) is 2.55. The van der Waals surface area contributed by atoms with Crippen LogP contribution in [0.4, 0.5) is 0 Å². The molecule has 8 heteroatoms. The summed E-state index contributed by atoms with van der Waals surface area (Å²) in [5.74, 6) is 0. The van der Waals surface area contributed by atoms with Crippen LogP contribution < -0.4 is 22.2 Å². The van der Waals surface area contributed by atoms with E-state index >= 15 is 0 Å². The minimum absolute atomic E-state index is 0.204. The Morgan fingerprint density at radius 1 is 0.800 bits per heavy atom. The maximum absolute atomic E-state index is 12.3. The van der Waals surface area contributed by atoms with Gasteiger partial charge in [0, 0.05) is 5.54 Å². The molecular weight excluding hydrogens is 300 g/mol. The first kappa shape index (κ1) is 13.2. The van der Waals surface area contributed by atoms with Crippen LogP contribution in [0.15, 0.2) is 19.2 Å². The SMILES string of the molecule is CC(C)(C)n1c(=O)c2sc3c(=O)[nH]c(=O)c3sc2c1=O. The summed E-state index contributed by atoms with van der Waals surface area (Å²) in [4.78, 5) is 50.1. The Hall–Kier alpha value is -1.80. The molecule has 104 valence electrons. The van der Waals surface area contributed by atoms with Gasteiger partial charge in [-0.15, -0.1) is 22.7 Å². The summed E-state index contributed by atoms with van der Waals surface area (Å²) in [7, 11) is 0. The maximum Gasteiger partial charge on any atom is 0.273 e. The lowest BCUT2D eigenvalue weighted by atomic mass is 10.1. The van der Waals surface area contributed by atoms with Crippen LogP contribution in [-0.2, 0) is 5.54 Å². The van der Waals surface area contributed by atoms with Crippen LogP contribution in [0, 0.1) is 0 Å². The number of hydrogen-bond donors (Lipinski definition) is 1. The van der Waals surface area contributed by atoms with Gasteiger partial charge in [-0.25, -0.2) is 0 Å². The van der Waals surface area contributed by atoms with Crippen LogP contribution in [0.1, 0.15) is 20.8 Å². The van der Waals surface area contributed by atoms with E-state index < -0.39 is 27.8 Å². The van der Waals surface area contributed by atoms with Gasteiger partial charge in [0.15, 0.2) is 0 Å². The number of aromatic amines is 1. The second-order valence-electron chi connectivity index (χ2n) is 5.42. The third kappa shape index (κ3) is 1.61. The predicted octanol–water partition coefficient (Wildman–Crippen LogP) is 0.879. The van der Waals surface area contributed by atoms with Gasteiger partial charge < -0.3 is 0 Å². The van der Waals surface area contributed by atoms with Gasteiger partial charge in [0.2, 0.25) is 0 Å². The minimum Gasteiger partial charge on any atom is -0.287 e. The normalized spacial score (nSPS) is 12.6. The first-order valence-corrected chi connectivity index (χ1v) is 7.44. The van der Waals surface area contributed by atoms with E-state index in [1.807, 2.05) is 0 Å². The van der Waals surface area contributed by atoms with Crippen LogP contribution in [0.2, 0.25) is 0 Å². The fourth-order valence-corrected chi connectivity index (χ4v) is 4.37. The van der Waals surface area contributed by atoms with Crippen molar-refractivity contribution in [3.8, 4) is 0 Å². The third-order valence-electron chi connectivity index (χ3n) is 2.93. The molecule has 3 aromatic rings. The van der Waals surface area contributed by atoms with Crippen molar-refractivity contribution in [2.24, 2.45) is 0 Å². The summed E-state index contributed by atoms with van der Waals surface area (Å²) >= 11 is 1.82. The van der Waals surface area contributed by atoms with Crippen molar-refractivity contribution < 1.29 is 0 Å². The van der Waals surface area contributed by atoms with Gasteiger partial charge in [0.25, 0.3) is 22.2 Å². The molecule has 0 aliphatic carbocycles. The average molecular weight is 310 g/mol. The van der Waals surface area contributed by atoms with Crippen molar-refractivity contribution in [3.63, 3.8) is 0 Å². The highest BCUT2D eigenvalue weighted by Gasteiger charge is 2.25. The van der Waals surface area contributed by atoms with Crippen LogP contribution in [0.5, 0.6) is 0 Å². The van der Waals surface area contributed by atoms with E-state index in [9.17, 15) is 19.2 Å². The number of hydrogen-bond acceptors (Lipinski definition) is 6.